The van der Waals surface area contributed by atoms with Crippen molar-refractivity contribution in [3.63, 3.8) is 0 Å². The highest BCUT2D eigenvalue weighted by molar-refractivity contribution is 6.22. The molecule has 2 atom stereocenters. The first-order chi connectivity index (χ1) is 13.9. The molecule has 0 spiro atoms. The number of hydrogen-bond donors (Lipinski definition) is 1. The lowest BCUT2D eigenvalue weighted by Gasteiger charge is -2.23. The molecule has 0 saturated heterocycles. The maximum absolute atomic E-state index is 12.5. The van der Waals surface area contributed by atoms with Gasteiger partial charge in [0.25, 0.3) is 17.7 Å². The zero-order chi connectivity index (χ0) is 21.0. The van der Waals surface area contributed by atoms with Crippen LogP contribution in [0.3, 0.4) is 0 Å². The minimum absolute atomic E-state index is 0.264. The molecule has 0 aromatic heterocycles. The molecule has 0 unspecified atom stereocenters. The Morgan fingerprint density at radius 1 is 1.10 bits per heavy atom. The first-order valence-corrected chi connectivity index (χ1v) is 10.0. The Labute approximate surface area is 170 Å². The number of esters is 1. The van der Waals surface area contributed by atoms with Crippen LogP contribution in [-0.2, 0) is 14.3 Å². The molecule has 0 saturated carbocycles. The Hall–Kier alpha value is -2.96. The van der Waals surface area contributed by atoms with Gasteiger partial charge in [0.1, 0.15) is 6.04 Å². The zero-order valence-corrected chi connectivity index (χ0v) is 16.8. The van der Waals surface area contributed by atoms with Crippen LogP contribution in [0.5, 0.6) is 0 Å². The van der Waals surface area contributed by atoms with E-state index in [2.05, 4.69) is 11.4 Å². The van der Waals surface area contributed by atoms with Crippen LogP contribution in [-0.4, -0.2) is 47.3 Å². The van der Waals surface area contributed by atoms with Gasteiger partial charge >= 0.3 is 5.97 Å². The summed E-state index contributed by atoms with van der Waals surface area (Å²) in [5, 5.41) is 2.77. The molecule has 1 heterocycles. The summed E-state index contributed by atoms with van der Waals surface area (Å²) in [5.74, 6) is -2.26. The van der Waals surface area contributed by atoms with Gasteiger partial charge in [-0.1, -0.05) is 23.8 Å². The van der Waals surface area contributed by atoms with E-state index in [4.69, 9.17) is 4.74 Å². The first kappa shape index (κ1) is 20.8. The van der Waals surface area contributed by atoms with Gasteiger partial charge in [0, 0.05) is 6.54 Å². The topological polar surface area (TPSA) is 92.8 Å². The predicted octanol–water partition coefficient (Wildman–Crippen LogP) is 2.61. The van der Waals surface area contributed by atoms with E-state index in [9.17, 15) is 19.2 Å². The number of hydrogen-bond acceptors (Lipinski definition) is 5. The van der Waals surface area contributed by atoms with E-state index in [0.29, 0.717) is 6.54 Å². The largest absolute Gasteiger partial charge is 0.451 e. The van der Waals surface area contributed by atoms with E-state index in [1.807, 2.05) is 0 Å². The van der Waals surface area contributed by atoms with E-state index in [1.54, 1.807) is 24.3 Å². The summed E-state index contributed by atoms with van der Waals surface area (Å²) in [6.07, 6.45) is 6.56. The number of carbonyl (C=O) groups excluding carboxylic acids is 4. The van der Waals surface area contributed by atoms with Crippen molar-refractivity contribution in [2.45, 2.75) is 58.1 Å². The molecule has 1 aromatic rings. The van der Waals surface area contributed by atoms with Gasteiger partial charge in [-0.2, -0.15) is 0 Å². The van der Waals surface area contributed by atoms with Crippen molar-refractivity contribution in [2.24, 2.45) is 0 Å². The summed E-state index contributed by atoms with van der Waals surface area (Å²) < 4.78 is 5.21. The monoisotopic (exact) mass is 398 g/mol. The van der Waals surface area contributed by atoms with Crippen LogP contribution in [0.4, 0.5) is 0 Å². The summed E-state index contributed by atoms with van der Waals surface area (Å²) in [6, 6.07) is 5.29. The molecule has 1 N–H and O–H groups in total. The van der Waals surface area contributed by atoms with Crippen molar-refractivity contribution in [1.82, 2.24) is 10.2 Å². The van der Waals surface area contributed by atoms with Gasteiger partial charge in [-0.15, -0.1) is 0 Å². The van der Waals surface area contributed by atoms with E-state index in [-0.39, 0.29) is 11.1 Å². The fraction of sp³-hybridized carbons (Fsp3) is 0.455. The van der Waals surface area contributed by atoms with E-state index in [1.165, 1.54) is 32.3 Å². The Morgan fingerprint density at radius 3 is 2.34 bits per heavy atom. The minimum Gasteiger partial charge on any atom is -0.451 e. The third-order valence-electron chi connectivity index (χ3n) is 5.35. The molecule has 1 aliphatic carbocycles. The highest BCUT2D eigenvalue weighted by Crippen LogP contribution is 2.25. The van der Waals surface area contributed by atoms with Gasteiger partial charge in [0.2, 0.25) is 0 Å². The number of benzene rings is 1. The minimum atomic E-state index is -1.12. The van der Waals surface area contributed by atoms with Crippen LogP contribution in [0.1, 0.15) is 66.7 Å². The van der Waals surface area contributed by atoms with Crippen LogP contribution in [0.2, 0.25) is 0 Å². The van der Waals surface area contributed by atoms with Gasteiger partial charge in [0.15, 0.2) is 6.10 Å². The molecule has 3 rings (SSSR count). The number of amides is 3. The van der Waals surface area contributed by atoms with Crippen molar-refractivity contribution in [3.8, 4) is 0 Å². The molecule has 0 bridgehead atoms. The molecular weight excluding hydrogens is 372 g/mol. The molecule has 29 heavy (non-hydrogen) atoms. The fourth-order valence-electron chi connectivity index (χ4n) is 3.61. The van der Waals surface area contributed by atoms with Crippen molar-refractivity contribution < 1.29 is 23.9 Å². The van der Waals surface area contributed by atoms with Crippen LogP contribution < -0.4 is 5.32 Å². The summed E-state index contributed by atoms with van der Waals surface area (Å²) in [6.45, 7) is 3.38. The smallest absolute Gasteiger partial charge is 0.329 e. The standard InChI is InChI=1S/C22H26N2O5/c1-14(24-20(26)17-10-6-7-11-18(17)21(24)27)22(28)29-15(2)19(25)23-13-12-16-8-4-3-5-9-16/h6-8,10-11,14-15H,3-5,9,12-13H2,1-2H3,(H,23,25)/t14-,15-/m1/s1. The molecule has 1 aliphatic heterocycles. The Bertz CT molecular complexity index is 826. The Balaban J connectivity index is 1.51. The van der Waals surface area contributed by atoms with Gasteiger partial charge in [-0.25, -0.2) is 4.79 Å². The van der Waals surface area contributed by atoms with Crippen molar-refractivity contribution in [1.29, 1.82) is 0 Å². The highest BCUT2D eigenvalue weighted by atomic mass is 16.5. The number of allylic oxidation sites excluding steroid dienone is 1. The maximum atomic E-state index is 12.5. The van der Waals surface area contributed by atoms with E-state index < -0.39 is 35.8 Å². The second kappa shape index (κ2) is 9.03. The molecule has 0 radical (unpaired) electrons. The third kappa shape index (κ3) is 4.55. The summed E-state index contributed by atoms with van der Waals surface area (Å²) >= 11 is 0. The molecule has 7 heteroatoms. The van der Waals surface area contributed by atoms with Crippen molar-refractivity contribution >= 4 is 23.7 Å². The number of carbonyl (C=O) groups is 4. The van der Waals surface area contributed by atoms with Crippen molar-refractivity contribution in [2.75, 3.05) is 6.54 Å². The SMILES string of the molecule is C[C@H](C(=O)O[C@H](C)C(=O)NCCC1=CCCCC1)N1C(=O)c2ccccc2C1=O. The number of rotatable bonds is 7. The molecule has 7 nitrogen and oxygen atoms in total. The maximum Gasteiger partial charge on any atom is 0.329 e. The predicted molar refractivity (Wildman–Crippen MR) is 106 cm³/mol. The zero-order valence-electron chi connectivity index (χ0n) is 16.8. The quantitative estimate of drug-likeness (QED) is 0.433. The molecule has 2 aliphatic rings. The number of nitrogens with one attached hydrogen (secondary N) is 1. The van der Waals surface area contributed by atoms with E-state index in [0.717, 1.165) is 24.2 Å². The average Bonchev–Trinajstić information content (AvgIpc) is 2.98. The average molecular weight is 398 g/mol. The summed E-state index contributed by atoms with van der Waals surface area (Å²) in [5.41, 5.74) is 1.88. The number of fused-ring (bicyclic) bond motifs is 1. The Kier molecular flexibility index (Phi) is 6.46. The van der Waals surface area contributed by atoms with Gasteiger partial charge < -0.3 is 10.1 Å². The normalized spacial score (nSPS) is 18.0. The van der Waals surface area contributed by atoms with Crippen LogP contribution in [0.15, 0.2) is 35.9 Å². The highest BCUT2D eigenvalue weighted by Gasteiger charge is 2.41. The fourth-order valence-corrected chi connectivity index (χ4v) is 3.61. The molecule has 154 valence electrons. The molecule has 3 amide bonds. The molecular formula is C22H26N2O5. The third-order valence-corrected chi connectivity index (χ3v) is 5.35. The lowest BCUT2D eigenvalue weighted by Crippen LogP contribution is -2.46. The lowest BCUT2D eigenvalue weighted by molar-refractivity contribution is -0.158. The summed E-state index contributed by atoms with van der Waals surface area (Å²) in [4.78, 5) is 50.5. The van der Waals surface area contributed by atoms with Gasteiger partial charge in [-0.3, -0.25) is 19.3 Å². The van der Waals surface area contributed by atoms with Crippen LogP contribution >= 0.6 is 0 Å². The Morgan fingerprint density at radius 2 is 1.76 bits per heavy atom. The summed E-state index contributed by atoms with van der Waals surface area (Å²) in [7, 11) is 0. The van der Waals surface area contributed by atoms with Crippen LogP contribution in [0.25, 0.3) is 0 Å². The van der Waals surface area contributed by atoms with E-state index >= 15 is 0 Å². The lowest BCUT2D eigenvalue weighted by atomic mass is 9.97. The van der Waals surface area contributed by atoms with Crippen LogP contribution in [0, 0.1) is 0 Å². The second-order valence-electron chi connectivity index (χ2n) is 7.43. The number of imide groups is 1. The van der Waals surface area contributed by atoms with Gasteiger partial charge in [-0.05, 0) is 58.1 Å². The van der Waals surface area contributed by atoms with Gasteiger partial charge in [0.05, 0.1) is 11.1 Å². The first-order valence-electron chi connectivity index (χ1n) is 10.0. The molecule has 0 fully saturated rings. The number of ether oxygens (including phenoxy) is 1. The van der Waals surface area contributed by atoms with Crippen molar-refractivity contribution in [3.05, 3.63) is 47.0 Å². The number of nitrogens with zero attached hydrogens (tertiary/aromatic N) is 1. The second-order valence-corrected chi connectivity index (χ2v) is 7.43. The molecule has 1 aromatic carbocycles.